The molecule has 5 rings (SSSR count). The van der Waals surface area contributed by atoms with Crippen LogP contribution in [0.25, 0.3) is 0 Å². The Morgan fingerprint density at radius 3 is 1.89 bits per heavy atom. The van der Waals surface area contributed by atoms with Crippen molar-refractivity contribution < 1.29 is 38.2 Å². The molecule has 53 heavy (non-hydrogen) atoms. The fraction of sp³-hybridized carbons (Fsp3) is 0.550. The number of benzene rings is 2. The second-order valence-corrected chi connectivity index (χ2v) is 15.4. The molecule has 0 unspecified atom stereocenters. The van der Waals surface area contributed by atoms with E-state index in [9.17, 15) is 28.8 Å². The smallest absolute Gasteiger partial charge is 0.328 e. The fourth-order valence-electron chi connectivity index (χ4n) is 7.60. The number of hydrogen-bond donors (Lipinski definition) is 2. The summed E-state index contributed by atoms with van der Waals surface area (Å²) in [6.45, 7) is 0.239. The van der Waals surface area contributed by atoms with Crippen molar-refractivity contribution in [3.63, 3.8) is 0 Å². The van der Waals surface area contributed by atoms with Crippen molar-refractivity contribution in [1.29, 1.82) is 0 Å². The number of thioether (sulfide) groups is 1. The van der Waals surface area contributed by atoms with Crippen molar-refractivity contribution in [1.82, 2.24) is 20.4 Å². The van der Waals surface area contributed by atoms with Gasteiger partial charge in [-0.25, -0.2) is 4.79 Å². The van der Waals surface area contributed by atoms with Crippen LogP contribution in [0, 0.1) is 11.8 Å². The van der Waals surface area contributed by atoms with E-state index in [1.54, 1.807) is 16.7 Å². The van der Waals surface area contributed by atoms with Crippen LogP contribution in [0.3, 0.4) is 0 Å². The summed E-state index contributed by atoms with van der Waals surface area (Å²) in [6.07, 6.45) is 5.96. The number of ether oxygens (including phenoxy) is 2. The molecule has 0 bridgehead atoms. The van der Waals surface area contributed by atoms with E-state index in [-0.39, 0.29) is 35.5 Å². The first-order chi connectivity index (χ1) is 25.7. The Hall–Kier alpha value is -4.39. The molecule has 286 valence electrons. The highest BCUT2D eigenvalue weighted by atomic mass is 32.2. The number of amides is 4. The molecule has 0 aromatic heterocycles. The lowest BCUT2D eigenvalue weighted by molar-refractivity contribution is -0.156. The van der Waals surface area contributed by atoms with E-state index in [2.05, 4.69) is 10.6 Å². The monoisotopic (exact) mass is 748 g/mol. The fourth-order valence-corrected chi connectivity index (χ4v) is 8.99. The molecule has 0 aliphatic carbocycles. The first-order valence-corrected chi connectivity index (χ1v) is 19.8. The Labute approximate surface area is 316 Å². The molecule has 3 saturated heterocycles. The summed E-state index contributed by atoms with van der Waals surface area (Å²) < 4.78 is 9.84. The number of rotatable bonds is 14. The third-order valence-electron chi connectivity index (χ3n) is 10.5. The minimum Gasteiger partial charge on any atom is -0.468 e. The van der Waals surface area contributed by atoms with E-state index < -0.39 is 41.9 Å². The minimum absolute atomic E-state index is 0.146. The maximum Gasteiger partial charge on any atom is 0.328 e. The number of hydrogen-bond acceptors (Lipinski definition) is 9. The van der Waals surface area contributed by atoms with Crippen molar-refractivity contribution >= 4 is 47.3 Å². The quantitative estimate of drug-likeness (QED) is 0.276. The Morgan fingerprint density at radius 2 is 1.32 bits per heavy atom. The molecule has 3 heterocycles. The molecule has 3 aliphatic rings. The molecule has 4 amide bonds. The van der Waals surface area contributed by atoms with Crippen molar-refractivity contribution in [3.8, 4) is 0 Å². The number of nitrogens with zero attached hydrogens (tertiary/aromatic N) is 2. The summed E-state index contributed by atoms with van der Waals surface area (Å²) >= 11 is 1.63. The number of methoxy groups -OCH3 is 2. The van der Waals surface area contributed by atoms with Crippen LogP contribution in [0.5, 0.6) is 0 Å². The third-order valence-corrected chi connectivity index (χ3v) is 11.9. The number of carbonyl (C=O) groups excluding carboxylic acids is 6. The highest BCUT2D eigenvalue weighted by Crippen LogP contribution is 2.35. The Morgan fingerprint density at radius 1 is 0.736 bits per heavy atom. The van der Waals surface area contributed by atoms with Gasteiger partial charge in [-0.3, -0.25) is 24.0 Å². The molecule has 0 spiro atoms. The molecule has 2 aromatic carbocycles. The van der Waals surface area contributed by atoms with Crippen LogP contribution in [0.2, 0.25) is 0 Å². The van der Waals surface area contributed by atoms with Crippen LogP contribution in [0.4, 0.5) is 0 Å². The zero-order chi connectivity index (χ0) is 37.7. The lowest BCUT2D eigenvalue weighted by atomic mass is 9.86. The molecule has 0 radical (unpaired) electrons. The predicted octanol–water partition coefficient (Wildman–Crippen LogP) is 3.66. The maximum atomic E-state index is 14.2. The summed E-state index contributed by atoms with van der Waals surface area (Å²) in [7, 11) is 2.61. The van der Waals surface area contributed by atoms with Crippen molar-refractivity contribution in [3.05, 3.63) is 71.8 Å². The first-order valence-electron chi connectivity index (χ1n) is 18.7. The van der Waals surface area contributed by atoms with Crippen molar-refractivity contribution in [2.75, 3.05) is 33.1 Å². The van der Waals surface area contributed by atoms with Crippen molar-refractivity contribution in [2.45, 2.75) is 94.1 Å². The van der Waals surface area contributed by atoms with Gasteiger partial charge in [0.15, 0.2) is 0 Å². The SMILES string of the molecule is COC(=O)CN1CCCC[C@H](NC(=O)[C@H](CC[C@H](Cc2ccccc2)C(=O)N[C@H]2CCS[C@H]3CCC[C@@H](C(=O)OC)N3C2=O)Cc2ccccc2)C1=O. The van der Waals surface area contributed by atoms with Gasteiger partial charge in [0.1, 0.15) is 24.7 Å². The summed E-state index contributed by atoms with van der Waals surface area (Å²) in [5.41, 5.74) is 1.91. The van der Waals surface area contributed by atoms with Gasteiger partial charge in [-0.1, -0.05) is 60.7 Å². The molecular weight excluding hydrogens is 697 g/mol. The van der Waals surface area contributed by atoms with Crippen LogP contribution >= 0.6 is 11.8 Å². The van der Waals surface area contributed by atoms with Gasteiger partial charge in [0, 0.05) is 18.4 Å². The summed E-state index contributed by atoms with van der Waals surface area (Å²) in [5.74, 6) is -2.55. The molecule has 2 N–H and O–H groups in total. The van der Waals surface area contributed by atoms with Crippen LogP contribution < -0.4 is 10.6 Å². The average molecular weight is 749 g/mol. The highest BCUT2D eigenvalue weighted by Gasteiger charge is 2.44. The topological polar surface area (TPSA) is 151 Å². The second kappa shape index (κ2) is 19.6. The normalized spacial score (nSPS) is 23.1. The number of carbonyl (C=O) groups is 6. The summed E-state index contributed by atoms with van der Waals surface area (Å²) in [6, 6.07) is 17.0. The van der Waals surface area contributed by atoms with Gasteiger partial charge in [-0.05, 0) is 87.5 Å². The third kappa shape index (κ3) is 10.8. The lowest BCUT2D eigenvalue weighted by Gasteiger charge is -2.40. The summed E-state index contributed by atoms with van der Waals surface area (Å²) in [5, 5.41) is 5.92. The van der Waals surface area contributed by atoms with Crippen LogP contribution in [-0.2, 0) is 51.1 Å². The van der Waals surface area contributed by atoms with Gasteiger partial charge in [0.05, 0.1) is 19.6 Å². The first kappa shape index (κ1) is 39.8. The van der Waals surface area contributed by atoms with Gasteiger partial charge < -0.3 is 29.9 Å². The zero-order valence-corrected chi connectivity index (χ0v) is 31.5. The zero-order valence-electron chi connectivity index (χ0n) is 30.7. The van der Waals surface area contributed by atoms with Gasteiger partial charge >= 0.3 is 11.9 Å². The summed E-state index contributed by atoms with van der Waals surface area (Å²) in [4.78, 5) is 83.6. The van der Waals surface area contributed by atoms with Crippen LogP contribution in [0.15, 0.2) is 60.7 Å². The maximum absolute atomic E-state index is 14.2. The largest absolute Gasteiger partial charge is 0.468 e. The van der Waals surface area contributed by atoms with E-state index in [1.807, 2.05) is 60.7 Å². The van der Waals surface area contributed by atoms with E-state index in [0.717, 1.165) is 24.0 Å². The van der Waals surface area contributed by atoms with Crippen molar-refractivity contribution in [2.24, 2.45) is 11.8 Å². The Balaban J connectivity index is 1.33. The Kier molecular flexibility index (Phi) is 14.7. The van der Waals surface area contributed by atoms with Gasteiger partial charge in [-0.2, -0.15) is 0 Å². The van der Waals surface area contributed by atoms with E-state index in [4.69, 9.17) is 9.47 Å². The molecule has 3 aliphatic heterocycles. The molecule has 3 fully saturated rings. The van der Waals surface area contributed by atoms with E-state index in [0.29, 0.717) is 70.1 Å². The number of esters is 2. The van der Waals surface area contributed by atoms with E-state index in [1.165, 1.54) is 19.1 Å². The molecular formula is C40H52N4O8S. The second-order valence-electron chi connectivity index (χ2n) is 14.1. The standard InChI is InChI=1S/C40H52N4O8S/c1-51-35(45)26-43-22-10-9-16-31(38(43)48)41-36(46)29(24-27-12-5-3-6-13-27)19-20-30(25-28-14-7-4-8-15-28)37(47)42-32-21-23-53-34-18-11-17-33(40(50)52-2)44(34)39(32)49/h3-8,12-15,29-34H,9-11,16-26H2,1-2H3,(H,41,46)(H,42,47)/t29-,30-,31+,32+,33+,34+/m1/s1. The number of piperidine rings is 1. The van der Waals surface area contributed by atoms with Crippen LogP contribution in [-0.4, -0.2) is 102 Å². The molecule has 13 heteroatoms. The molecule has 6 atom stereocenters. The lowest BCUT2D eigenvalue weighted by Crippen LogP contribution is -2.57. The van der Waals surface area contributed by atoms with E-state index >= 15 is 0 Å². The van der Waals surface area contributed by atoms with Gasteiger partial charge in [0.25, 0.3) is 0 Å². The minimum atomic E-state index is -0.791. The highest BCUT2D eigenvalue weighted by molar-refractivity contribution is 7.99. The number of likely N-dealkylation sites (tertiary alicyclic amines) is 1. The average Bonchev–Trinajstić information content (AvgIpc) is 3.45. The Bertz CT molecular complexity index is 1580. The number of nitrogens with one attached hydrogen (secondary N) is 2. The van der Waals surface area contributed by atoms with Gasteiger partial charge in [0.2, 0.25) is 23.6 Å². The number of fused-ring (bicyclic) bond motifs is 1. The predicted molar refractivity (Wildman–Crippen MR) is 200 cm³/mol. The molecule has 0 saturated carbocycles. The van der Waals surface area contributed by atoms with Crippen LogP contribution in [0.1, 0.15) is 68.9 Å². The molecule has 12 nitrogen and oxygen atoms in total. The molecule has 2 aromatic rings. The van der Waals surface area contributed by atoms with Gasteiger partial charge in [-0.15, -0.1) is 11.8 Å².